The van der Waals surface area contributed by atoms with Crippen LogP contribution in [-0.2, 0) is 5.75 Å². The predicted molar refractivity (Wildman–Crippen MR) is 73.0 cm³/mol. The molecule has 1 aromatic heterocycles. The highest BCUT2D eigenvalue weighted by Crippen LogP contribution is 2.27. The zero-order chi connectivity index (χ0) is 11.4. The smallest absolute Gasteiger partial charge is 0.115 e. The van der Waals surface area contributed by atoms with Crippen LogP contribution in [0, 0.1) is 0 Å². The Morgan fingerprint density at radius 3 is 2.62 bits per heavy atom. The molecule has 0 fully saturated rings. The SMILES string of the molecule is Clc1cccnc1SCc1ccc(Br)cc1. The fraction of sp³-hybridized carbons (Fsp3) is 0.0833. The van der Waals surface area contributed by atoms with E-state index < -0.39 is 0 Å². The number of nitrogens with zero attached hydrogens (tertiary/aromatic N) is 1. The van der Waals surface area contributed by atoms with Crippen molar-refractivity contribution in [2.24, 2.45) is 0 Å². The van der Waals surface area contributed by atoms with Gasteiger partial charge in [-0.3, -0.25) is 0 Å². The molecule has 0 aliphatic heterocycles. The molecule has 1 nitrogen and oxygen atoms in total. The van der Waals surface area contributed by atoms with Gasteiger partial charge in [-0.25, -0.2) is 4.98 Å². The summed E-state index contributed by atoms with van der Waals surface area (Å²) in [5.74, 6) is 0.879. The van der Waals surface area contributed by atoms with E-state index in [0.717, 1.165) is 15.3 Å². The Morgan fingerprint density at radius 2 is 1.94 bits per heavy atom. The van der Waals surface area contributed by atoms with Crippen molar-refractivity contribution in [2.45, 2.75) is 10.8 Å². The van der Waals surface area contributed by atoms with Crippen LogP contribution in [0.5, 0.6) is 0 Å². The Bertz CT molecular complexity index is 473. The van der Waals surface area contributed by atoms with Crippen LogP contribution in [0.1, 0.15) is 5.56 Å². The zero-order valence-corrected chi connectivity index (χ0v) is 11.5. The molecule has 0 spiro atoms. The number of benzene rings is 1. The van der Waals surface area contributed by atoms with Crippen molar-refractivity contribution in [2.75, 3.05) is 0 Å². The minimum Gasteiger partial charge on any atom is -0.248 e. The van der Waals surface area contributed by atoms with Crippen molar-refractivity contribution < 1.29 is 0 Å². The van der Waals surface area contributed by atoms with Crippen molar-refractivity contribution in [3.63, 3.8) is 0 Å². The van der Waals surface area contributed by atoms with Crippen LogP contribution < -0.4 is 0 Å². The van der Waals surface area contributed by atoms with Gasteiger partial charge in [-0.05, 0) is 29.8 Å². The van der Waals surface area contributed by atoms with E-state index in [-0.39, 0.29) is 0 Å². The second-order valence-electron chi connectivity index (χ2n) is 3.21. The van der Waals surface area contributed by atoms with Gasteiger partial charge in [-0.1, -0.05) is 39.7 Å². The van der Waals surface area contributed by atoms with Gasteiger partial charge in [0.1, 0.15) is 5.03 Å². The lowest BCUT2D eigenvalue weighted by molar-refractivity contribution is 1.13. The molecule has 82 valence electrons. The molecule has 0 bridgehead atoms. The fourth-order valence-electron chi connectivity index (χ4n) is 1.21. The van der Waals surface area contributed by atoms with Crippen molar-refractivity contribution in [1.82, 2.24) is 4.98 Å². The van der Waals surface area contributed by atoms with Crippen LogP contribution >= 0.6 is 39.3 Å². The van der Waals surface area contributed by atoms with E-state index >= 15 is 0 Å². The van der Waals surface area contributed by atoms with Gasteiger partial charge in [0.25, 0.3) is 0 Å². The van der Waals surface area contributed by atoms with Crippen LogP contribution in [0.4, 0.5) is 0 Å². The van der Waals surface area contributed by atoms with Crippen LogP contribution in [0.15, 0.2) is 52.1 Å². The maximum Gasteiger partial charge on any atom is 0.115 e. The summed E-state index contributed by atoms with van der Waals surface area (Å²) >= 11 is 11.1. The maximum absolute atomic E-state index is 6.02. The molecule has 0 N–H and O–H groups in total. The van der Waals surface area contributed by atoms with Crippen molar-refractivity contribution >= 4 is 39.3 Å². The third kappa shape index (κ3) is 3.24. The van der Waals surface area contributed by atoms with Gasteiger partial charge >= 0.3 is 0 Å². The molecular formula is C12H9BrClNS. The van der Waals surface area contributed by atoms with E-state index in [4.69, 9.17) is 11.6 Å². The second kappa shape index (κ2) is 5.71. The van der Waals surface area contributed by atoms with Gasteiger partial charge < -0.3 is 0 Å². The Kier molecular flexibility index (Phi) is 4.27. The van der Waals surface area contributed by atoms with Crippen LogP contribution in [0.2, 0.25) is 5.02 Å². The van der Waals surface area contributed by atoms with Gasteiger partial charge in [0.05, 0.1) is 5.02 Å². The van der Waals surface area contributed by atoms with E-state index in [0.29, 0.717) is 5.02 Å². The number of pyridine rings is 1. The molecule has 0 aliphatic rings. The molecule has 4 heteroatoms. The minimum absolute atomic E-state index is 0.713. The Hall–Kier alpha value is -0.510. The Morgan fingerprint density at radius 1 is 1.19 bits per heavy atom. The number of hydrogen-bond acceptors (Lipinski definition) is 2. The molecule has 16 heavy (non-hydrogen) atoms. The molecule has 0 saturated carbocycles. The van der Waals surface area contributed by atoms with Crippen LogP contribution in [0.3, 0.4) is 0 Å². The Balaban J connectivity index is 2.02. The van der Waals surface area contributed by atoms with E-state index in [1.807, 2.05) is 24.3 Å². The molecule has 1 heterocycles. The van der Waals surface area contributed by atoms with E-state index in [1.54, 1.807) is 18.0 Å². The Labute approximate surface area is 112 Å². The van der Waals surface area contributed by atoms with Crippen LogP contribution in [-0.4, -0.2) is 4.98 Å². The summed E-state index contributed by atoms with van der Waals surface area (Å²) in [6.07, 6.45) is 1.76. The lowest BCUT2D eigenvalue weighted by Gasteiger charge is -2.03. The number of aromatic nitrogens is 1. The third-order valence-corrected chi connectivity index (χ3v) is 4.04. The summed E-state index contributed by atoms with van der Waals surface area (Å²) < 4.78 is 1.09. The standard InChI is InChI=1S/C12H9BrClNS/c13-10-5-3-9(4-6-10)8-16-12-11(14)2-1-7-15-12/h1-7H,8H2. The molecule has 0 unspecified atom stereocenters. The number of rotatable bonds is 3. The first-order valence-corrected chi connectivity index (χ1v) is 6.89. The highest BCUT2D eigenvalue weighted by atomic mass is 79.9. The highest BCUT2D eigenvalue weighted by molar-refractivity contribution is 9.10. The molecular weight excluding hydrogens is 306 g/mol. The molecule has 0 saturated heterocycles. The van der Waals surface area contributed by atoms with E-state index in [1.165, 1.54) is 5.56 Å². The number of thioether (sulfide) groups is 1. The quantitative estimate of drug-likeness (QED) is 0.756. The topological polar surface area (TPSA) is 12.9 Å². The van der Waals surface area contributed by atoms with Gasteiger partial charge in [0.15, 0.2) is 0 Å². The van der Waals surface area contributed by atoms with E-state index in [2.05, 4.69) is 33.0 Å². The molecule has 0 amide bonds. The summed E-state index contributed by atoms with van der Waals surface area (Å²) in [6.45, 7) is 0. The number of hydrogen-bond donors (Lipinski definition) is 0. The fourth-order valence-corrected chi connectivity index (χ4v) is 2.60. The first kappa shape index (κ1) is 12.0. The molecule has 0 radical (unpaired) electrons. The summed E-state index contributed by atoms with van der Waals surface area (Å²) in [6, 6.07) is 12.0. The largest absolute Gasteiger partial charge is 0.248 e. The lowest BCUT2D eigenvalue weighted by Crippen LogP contribution is -1.83. The monoisotopic (exact) mass is 313 g/mol. The second-order valence-corrected chi connectivity index (χ2v) is 5.49. The summed E-state index contributed by atoms with van der Waals surface area (Å²) in [5, 5.41) is 1.59. The van der Waals surface area contributed by atoms with Gasteiger partial charge in [0.2, 0.25) is 0 Å². The summed E-state index contributed by atoms with van der Waals surface area (Å²) in [7, 11) is 0. The van der Waals surface area contributed by atoms with Gasteiger partial charge in [0, 0.05) is 16.4 Å². The first-order valence-electron chi connectivity index (χ1n) is 4.73. The predicted octanol–water partition coefficient (Wildman–Crippen LogP) is 4.79. The van der Waals surface area contributed by atoms with Gasteiger partial charge in [-0.15, -0.1) is 11.8 Å². The highest BCUT2D eigenvalue weighted by Gasteiger charge is 2.01. The normalized spacial score (nSPS) is 10.4. The summed E-state index contributed by atoms with van der Waals surface area (Å²) in [5.41, 5.74) is 1.26. The van der Waals surface area contributed by atoms with Crippen molar-refractivity contribution in [3.05, 3.63) is 57.7 Å². The molecule has 2 rings (SSSR count). The molecule has 0 atom stereocenters. The molecule has 2 aromatic rings. The average molecular weight is 315 g/mol. The summed E-state index contributed by atoms with van der Waals surface area (Å²) in [4.78, 5) is 4.23. The van der Waals surface area contributed by atoms with Crippen molar-refractivity contribution in [1.29, 1.82) is 0 Å². The average Bonchev–Trinajstić information content (AvgIpc) is 2.30. The number of halogens is 2. The van der Waals surface area contributed by atoms with Crippen molar-refractivity contribution in [3.8, 4) is 0 Å². The third-order valence-electron chi connectivity index (χ3n) is 2.01. The molecule has 1 aromatic carbocycles. The minimum atomic E-state index is 0.713. The molecule has 0 aliphatic carbocycles. The first-order chi connectivity index (χ1) is 7.75. The lowest BCUT2D eigenvalue weighted by atomic mass is 10.2. The maximum atomic E-state index is 6.02. The zero-order valence-electron chi connectivity index (χ0n) is 8.36. The van der Waals surface area contributed by atoms with Crippen LogP contribution in [0.25, 0.3) is 0 Å². The van der Waals surface area contributed by atoms with E-state index in [9.17, 15) is 0 Å². The van der Waals surface area contributed by atoms with Gasteiger partial charge in [-0.2, -0.15) is 0 Å².